The van der Waals surface area contributed by atoms with Gasteiger partial charge in [0.25, 0.3) is 0 Å². The minimum atomic E-state index is -0.685. The SMILES string of the molecule is CC(NC(=O)Cc1csc(N)n1)c1ccc(F)cc1F. The van der Waals surface area contributed by atoms with Crippen LogP contribution in [-0.4, -0.2) is 10.9 Å². The fraction of sp³-hybridized carbons (Fsp3) is 0.231. The van der Waals surface area contributed by atoms with E-state index in [0.29, 0.717) is 10.8 Å². The Kier molecular flexibility index (Phi) is 4.29. The lowest BCUT2D eigenvalue weighted by Gasteiger charge is -2.14. The first kappa shape index (κ1) is 14.4. The number of nitrogens with one attached hydrogen (secondary N) is 1. The predicted molar refractivity (Wildman–Crippen MR) is 73.1 cm³/mol. The highest BCUT2D eigenvalue weighted by molar-refractivity contribution is 7.13. The average Bonchev–Trinajstić information content (AvgIpc) is 2.74. The standard InChI is InChI=1S/C13H13F2N3OS/c1-7(10-3-2-8(14)4-11(10)15)17-12(19)5-9-6-20-13(16)18-9/h2-4,6-7H,5H2,1H3,(H2,16,18)(H,17,19). The van der Waals surface area contributed by atoms with Gasteiger partial charge in [-0.3, -0.25) is 4.79 Å². The molecule has 0 radical (unpaired) electrons. The molecule has 1 unspecified atom stereocenters. The lowest BCUT2D eigenvalue weighted by molar-refractivity contribution is -0.121. The number of carbonyl (C=O) groups excluding carboxylic acids is 1. The van der Waals surface area contributed by atoms with Crippen molar-refractivity contribution in [2.45, 2.75) is 19.4 Å². The van der Waals surface area contributed by atoms with Crippen LogP contribution in [0.3, 0.4) is 0 Å². The van der Waals surface area contributed by atoms with E-state index in [1.165, 1.54) is 17.4 Å². The number of hydrogen-bond acceptors (Lipinski definition) is 4. The maximum Gasteiger partial charge on any atom is 0.226 e. The molecular formula is C13H13F2N3OS. The van der Waals surface area contributed by atoms with Crippen LogP contribution in [0.5, 0.6) is 0 Å². The summed E-state index contributed by atoms with van der Waals surface area (Å²) in [6.45, 7) is 1.63. The number of nitrogens with two attached hydrogens (primary N) is 1. The van der Waals surface area contributed by atoms with E-state index >= 15 is 0 Å². The molecule has 1 heterocycles. The number of benzene rings is 1. The normalized spacial score (nSPS) is 12.2. The van der Waals surface area contributed by atoms with Gasteiger partial charge in [0.15, 0.2) is 5.13 Å². The first-order valence-electron chi connectivity index (χ1n) is 5.90. The number of hydrogen-bond donors (Lipinski definition) is 2. The topological polar surface area (TPSA) is 68.0 Å². The molecule has 2 aromatic rings. The van der Waals surface area contributed by atoms with Gasteiger partial charge in [0, 0.05) is 17.0 Å². The molecule has 3 N–H and O–H groups in total. The second-order valence-corrected chi connectivity index (χ2v) is 5.20. The lowest BCUT2D eigenvalue weighted by atomic mass is 10.1. The van der Waals surface area contributed by atoms with Crippen LogP contribution in [0.15, 0.2) is 23.6 Å². The highest BCUT2D eigenvalue weighted by Crippen LogP contribution is 2.18. The molecule has 1 atom stereocenters. The van der Waals surface area contributed by atoms with Gasteiger partial charge in [0.1, 0.15) is 11.6 Å². The summed E-state index contributed by atoms with van der Waals surface area (Å²) in [4.78, 5) is 15.8. The fourth-order valence-electron chi connectivity index (χ4n) is 1.79. The number of halogens is 2. The minimum absolute atomic E-state index is 0.0703. The van der Waals surface area contributed by atoms with Crippen molar-refractivity contribution in [3.05, 3.63) is 46.5 Å². The molecule has 1 aromatic carbocycles. The van der Waals surface area contributed by atoms with Crippen LogP contribution < -0.4 is 11.1 Å². The van der Waals surface area contributed by atoms with Gasteiger partial charge in [-0.15, -0.1) is 11.3 Å². The van der Waals surface area contributed by atoms with Crippen molar-refractivity contribution in [2.24, 2.45) is 0 Å². The maximum atomic E-state index is 13.6. The Balaban J connectivity index is 2.00. The number of aromatic nitrogens is 1. The molecule has 0 aliphatic carbocycles. The van der Waals surface area contributed by atoms with Crippen LogP contribution in [0.4, 0.5) is 13.9 Å². The van der Waals surface area contributed by atoms with Crippen LogP contribution in [0.25, 0.3) is 0 Å². The zero-order valence-corrected chi connectivity index (χ0v) is 11.5. The van der Waals surface area contributed by atoms with E-state index in [1.807, 2.05) is 0 Å². The molecule has 0 aliphatic rings. The number of nitrogen functional groups attached to an aromatic ring is 1. The van der Waals surface area contributed by atoms with E-state index in [9.17, 15) is 13.6 Å². The predicted octanol–water partition coefficient (Wildman–Crippen LogP) is 2.42. The number of thiazole rings is 1. The summed E-state index contributed by atoms with van der Waals surface area (Å²) in [6, 6.07) is 2.71. The molecule has 0 saturated carbocycles. The second kappa shape index (κ2) is 5.96. The summed E-state index contributed by atoms with van der Waals surface area (Å²) < 4.78 is 26.4. The highest BCUT2D eigenvalue weighted by Gasteiger charge is 2.15. The number of anilines is 1. The zero-order valence-electron chi connectivity index (χ0n) is 10.7. The van der Waals surface area contributed by atoms with Crippen LogP contribution >= 0.6 is 11.3 Å². The van der Waals surface area contributed by atoms with Crippen molar-refractivity contribution in [3.63, 3.8) is 0 Å². The molecule has 4 nitrogen and oxygen atoms in total. The van der Waals surface area contributed by atoms with Gasteiger partial charge in [0.2, 0.25) is 5.91 Å². The average molecular weight is 297 g/mol. The Morgan fingerprint density at radius 3 is 2.85 bits per heavy atom. The first-order valence-corrected chi connectivity index (χ1v) is 6.78. The molecule has 0 bridgehead atoms. The molecule has 1 aromatic heterocycles. The highest BCUT2D eigenvalue weighted by atomic mass is 32.1. The Morgan fingerprint density at radius 1 is 1.50 bits per heavy atom. The Labute approximate surface area is 118 Å². The molecule has 7 heteroatoms. The molecular weight excluding hydrogens is 284 g/mol. The number of rotatable bonds is 4. The van der Waals surface area contributed by atoms with E-state index < -0.39 is 17.7 Å². The van der Waals surface area contributed by atoms with Crippen LogP contribution in [0.1, 0.15) is 24.2 Å². The van der Waals surface area contributed by atoms with Crippen molar-refractivity contribution in [3.8, 4) is 0 Å². The van der Waals surface area contributed by atoms with E-state index in [1.54, 1.807) is 12.3 Å². The Morgan fingerprint density at radius 2 is 2.25 bits per heavy atom. The van der Waals surface area contributed by atoms with Crippen molar-refractivity contribution in [2.75, 3.05) is 5.73 Å². The molecule has 0 aliphatic heterocycles. The van der Waals surface area contributed by atoms with Crippen molar-refractivity contribution >= 4 is 22.4 Å². The molecule has 2 rings (SSSR count). The summed E-state index contributed by atoms with van der Waals surface area (Å²) in [5.41, 5.74) is 6.27. The Bertz CT molecular complexity index is 630. The van der Waals surface area contributed by atoms with Crippen LogP contribution in [-0.2, 0) is 11.2 Å². The largest absolute Gasteiger partial charge is 0.375 e. The molecule has 0 fully saturated rings. The van der Waals surface area contributed by atoms with Crippen LogP contribution in [0, 0.1) is 11.6 Å². The fourth-order valence-corrected chi connectivity index (χ4v) is 2.35. The summed E-state index contributed by atoms with van der Waals surface area (Å²) >= 11 is 1.25. The summed E-state index contributed by atoms with van der Waals surface area (Å²) in [6.07, 6.45) is 0.0703. The first-order chi connectivity index (χ1) is 9.45. The van der Waals surface area contributed by atoms with E-state index in [2.05, 4.69) is 10.3 Å². The smallest absolute Gasteiger partial charge is 0.226 e. The third-order valence-electron chi connectivity index (χ3n) is 2.72. The van der Waals surface area contributed by atoms with E-state index in [4.69, 9.17) is 5.73 Å². The van der Waals surface area contributed by atoms with Crippen molar-refractivity contribution in [1.82, 2.24) is 10.3 Å². The number of carbonyl (C=O) groups is 1. The van der Waals surface area contributed by atoms with Gasteiger partial charge in [-0.2, -0.15) is 0 Å². The van der Waals surface area contributed by atoms with Gasteiger partial charge >= 0.3 is 0 Å². The second-order valence-electron chi connectivity index (χ2n) is 4.31. The summed E-state index contributed by atoms with van der Waals surface area (Å²) in [5, 5.41) is 4.72. The maximum absolute atomic E-state index is 13.6. The van der Waals surface area contributed by atoms with E-state index in [-0.39, 0.29) is 17.9 Å². The Hall–Kier alpha value is -2.02. The monoisotopic (exact) mass is 297 g/mol. The van der Waals surface area contributed by atoms with Crippen molar-refractivity contribution in [1.29, 1.82) is 0 Å². The molecule has 0 saturated heterocycles. The molecule has 0 spiro atoms. The van der Waals surface area contributed by atoms with E-state index in [0.717, 1.165) is 12.1 Å². The third-order valence-corrected chi connectivity index (χ3v) is 3.44. The quantitative estimate of drug-likeness (QED) is 0.910. The van der Waals surface area contributed by atoms with Crippen molar-refractivity contribution < 1.29 is 13.6 Å². The number of amides is 1. The number of nitrogens with zero attached hydrogens (tertiary/aromatic N) is 1. The lowest BCUT2D eigenvalue weighted by Crippen LogP contribution is -2.28. The molecule has 106 valence electrons. The van der Waals surface area contributed by atoms with Gasteiger partial charge in [-0.25, -0.2) is 13.8 Å². The van der Waals surface area contributed by atoms with Gasteiger partial charge in [0.05, 0.1) is 18.2 Å². The molecule has 20 heavy (non-hydrogen) atoms. The van der Waals surface area contributed by atoms with Gasteiger partial charge in [-0.05, 0) is 13.0 Å². The van der Waals surface area contributed by atoms with Crippen LogP contribution in [0.2, 0.25) is 0 Å². The van der Waals surface area contributed by atoms with Gasteiger partial charge in [-0.1, -0.05) is 6.07 Å². The summed E-state index contributed by atoms with van der Waals surface area (Å²) in [5.74, 6) is -1.63. The zero-order chi connectivity index (χ0) is 14.7. The molecule has 1 amide bonds. The van der Waals surface area contributed by atoms with Gasteiger partial charge < -0.3 is 11.1 Å². The minimum Gasteiger partial charge on any atom is -0.375 e. The third kappa shape index (κ3) is 3.51. The summed E-state index contributed by atoms with van der Waals surface area (Å²) in [7, 11) is 0.